The van der Waals surface area contributed by atoms with E-state index >= 15 is 0 Å². The summed E-state index contributed by atoms with van der Waals surface area (Å²) in [6.07, 6.45) is 2.22. The van der Waals surface area contributed by atoms with Gasteiger partial charge in [0.1, 0.15) is 12.4 Å². The number of hydrogen-bond donors (Lipinski definition) is 2. The largest absolute Gasteiger partial charge is 0.379 e. The van der Waals surface area contributed by atoms with Gasteiger partial charge < -0.3 is 10.1 Å². The predicted molar refractivity (Wildman–Crippen MR) is 101 cm³/mol. The Balaban J connectivity index is 1.69. The van der Waals surface area contributed by atoms with E-state index in [4.69, 9.17) is 9.88 Å². The number of sulfonamides is 2. The highest BCUT2D eigenvalue weighted by Crippen LogP contribution is 2.31. The molecule has 0 radical (unpaired) electrons. The number of nitrogens with one attached hydrogen (secondary N) is 1. The Hall–Kier alpha value is -1.80. The first-order valence-corrected chi connectivity index (χ1v) is 11.8. The van der Waals surface area contributed by atoms with Crippen LogP contribution >= 0.6 is 0 Å². The molecule has 2 fully saturated rings. The molecule has 156 valence electrons. The molecule has 13 heteroatoms. The number of hydrogen-bond acceptors (Lipinski definition) is 8. The van der Waals surface area contributed by atoms with Crippen LogP contribution in [0.3, 0.4) is 0 Å². The first-order chi connectivity index (χ1) is 13.1. The minimum absolute atomic E-state index is 0.0124. The van der Waals surface area contributed by atoms with Gasteiger partial charge in [0.25, 0.3) is 5.69 Å². The average Bonchev–Trinajstić information content (AvgIpc) is 2.57. The summed E-state index contributed by atoms with van der Waals surface area (Å²) in [5.74, 6) is -0.207. The van der Waals surface area contributed by atoms with Gasteiger partial charge in [0.15, 0.2) is 0 Å². The fourth-order valence-corrected chi connectivity index (χ4v) is 5.66. The zero-order valence-corrected chi connectivity index (χ0v) is 16.6. The predicted octanol–water partition coefficient (Wildman–Crippen LogP) is 0.442. The van der Waals surface area contributed by atoms with E-state index in [1.54, 1.807) is 0 Å². The second-order valence-corrected chi connectivity index (χ2v) is 10.7. The summed E-state index contributed by atoms with van der Waals surface area (Å²) in [5, 5.41) is 18.8. The van der Waals surface area contributed by atoms with Crippen molar-refractivity contribution in [1.82, 2.24) is 4.31 Å². The first kappa shape index (κ1) is 20.9. The van der Waals surface area contributed by atoms with Crippen molar-refractivity contribution in [2.45, 2.75) is 29.4 Å². The fourth-order valence-electron chi connectivity index (χ4n) is 3.14. The number of ether oxygens (including phenoxy) is 1. The molecule has 1 aliphatic heterocycles. The Bertz CT molecular complexity index is 961. The second kappa shape index (κ2) is 7.91. The van der Waals surface area contributed by atoms with E-state index < -0.39 is 30.7 Å². The second-order valence-electron chi connectivity index (χ2n) is 6.96. The first-order valence-electron chi connectivity index (χ1n) is 8.71. The zero-order valence-electron chi connectivity index (χ0n) is 15.0. The molecule has 1 aliphatic carbocycles. The minimum Gasteiger partial charge on any atom is -0.379 e. The number of nitro benzene ring substituents is 1. The molecule has 2 aliphatic rings. The van der Waals surface area contributed by atoms with Crippen LogP contribution in [0.4, 0.5) is 11.4 Å². The van der Waals surface area contributed by atoms with Crippen LogP contribution in [0.25, 0.3) is 0 Å². The SMILES string of the molecule is NS(=O)(=O)c1ccc(NCC2COCN(S(=O)(=O)C3CCC3)C2)c([N+](=O)[O-])c1. The lowest BCUT2D eigenvalue weighted by Gasteiger charge is -2.36. The highest BCUT2D eigenvalue weighted by atomic mass is 32.2. The van der Waals surface area contributed by atoms with Gasteiger partial charge in [-0.1, -0.05) is 6.42 Å². The standard InChI is InChI=1S/C15H22N4O7S2/c16-27(22,23)13-4-5-14(15(6-13)19(20)21)17-7-11-8-18(10-26-9-11)28(24,25)12-2-1-3-12/h4-6,11-12,17H,1-3,7-10H2,(H2,16,22,23). The molecular formula is C15H22N4O7S2. The van der Waals surface area contributed by atoms with E-state index in [9.17, 15) is 26.9 Å². The lowest BCUT2D eigenvalue weighted by atomic mass is 10.0. The van der Waals surface area contributed by atoms with Gasteiger partial charge >= 0.3 is 0 Å². The maximum Gasteiger partial charge on any atom is 0.293 e. The van der Waals surface area contributed by atoms with Gasteiger partial charge in [0.2, 0.25) is 20.0 Å². The monoisotopic (exact) mass is 434 g/mol. The summed E-state index contributed by atoms with van der Waals surface area (Å²) in [7, 11) is -7.46. The molecule has 1 aromatic rings. The molecule has 11 nitrogen and oxygen atoms in total. The van der Waals surface area contributed by atoms with E-state index in [2.05, 4.69) is 5.32 Å². The van der Waals surface area contributed by atoms with E-state index in [1.165, 1.54) is 16.4 Å². The maximum atomic E-state index is 12.5. The van der Waals surface area contributed by atoms with E-state index in [1.807, 2.05) is 0 Å². The summed E-state index contributed by atoms with van der Waals surface area (Å²) >= 11 is 0. The highest BCUT2D eigenvalue weighted by molar-refractivity contribution is 7.89. The van der Waals surface area contributed by atoms with Crippen LogP contribution in [-0.4, -0.2) is 57.7 Å². The van der Waals surface area contributed by atoms with Crippen LogP contribution in [0.2, 0.25) is 0 Å². The minimum atomic E-state index is -4.07. The molecule has 28 heavy (non-hydrogen) atoms. The quantitative estimate of drug-likeness (QED) is 0.461. The third kappa shape index (κ3) is 4.43. The van der Waals surface area contributed by atoms with Gasteiger partial charge in [-0.25, -0.2) is 22.0 Å². The molecule has 1 saturated carbocycles. The van der Waals surface area contributed by atoms with Crippen molar-refractivity contribution in [2.24, 2.45) is 11.1 Å². The van der Waals surface area contributed by atoms with Crippen molar-refractivity contribution < 1.29 is 26.5 Å². The molecule has 0 amide bonds. The van der Waals surface area contributed by atoms with Gasteiger partial charge in [-0.05, 0) is 25.0 Å². The summed E-state index contributed by atoms with van der Waals surface area (Å²) in [5.41, 5.74) is -0.307. The van der Waals surface area contributed by atoms with E-state index in [0.717, 1.165) is 12.5 Å². The smallest absolute Gasteiger partial charge is 0.293 e. The molecule has 1 aromatic carbocycles. The Morgan fingerprint density at radius 1 is 1.29 bits per heavy atom. The third-order valence-corrected chi connectivity index (χ3v) is 8.16. The number of rotatable bonds is 7. The van der Waals surface area contributed by atoms with Gasteiger partial charge in [0, 0.05) is 25.1 Å². The van der Waals surface area contributed by atoms with Crippen molar-refractivity contribution >= 4 is 31.4 Å². The average molecular weight is 434 g/mol. The van der Waals surface area contributed by atoms with Gasteiger partial charge in [0.05, 0.1) is 21.7 Å². The zero-order chi connectivity index (χ0) is 20.5. The van der Waals surface area contributed by atoms with Crippen LogP contribution in [0.15, 0.2) is 23.1 Å². The van der Waals surface area contributed by atoms with Crippen LogP contribution in [0.5, 0.6) is 0 Å². The Labute approximate surface area is 163 Å². The van der Waals surface area contributed by atoms with Crippen molar-refractivity contribution in [3.63, 3.8) is 0 Å². The molecular weight excluding hydrogens is 412 g/mol. The number of nitrogens with two attached hydrogens (primary N) is 1. The van der Waals surface area contributed by atoms with Gasteiger partial charge in [-0.2, -0.15) is 4.31 Å². The topological polar surface area (TPSA) is 162 Å². The van der Waals surface area contributed by atoms with E-state index in [0.29, 0.717) is 19.4 Å². The van der Waals surface area contributed by atoms with Gasteiger partial charge in [-0.15, -0.1) is 0 Å². The van der Waals surface area contributed by atoms with Crippen molar-refractivity contribution in [1.29, 1.82) is 0 Å². The number of primary sulfonamides is 1. The van der Waals surface area contributed by atoms with Crippen LogP contribution in [-0.2, 0) is 24.8 Å². The molecule has 1 atom stereocenters. The van der Waals surface area contributed by atoms with Crippen LogP contribution in [0.1, 0.15) is 19.3 Å². The molecule has 1 unspecified atom stereocenters. The molecule has 1 heterocycles. The van der Waals surface area contributed by atoms with Crippen molar-refractivity contribution in [2.75, 3.05) is 31.7 Å². The lowest BCUT2D eigenvalue weighted by molar-refractivity contribution is -0.384. The fraction of sp³-hybridized carbons (Fsp3) is 0.600. The summed E-state index contributed by atoms with van der Waals surface area (Å²) in [6.45, 7) is 0.812. The van der Waals surface area contributed by atoms with Crippen LogP contribution in [0, 0.1) is 16.0 Å². The number of nitrogens with zero attached hydrogens (tertiary/aromatic N) is 2. The summed E-state index contributed by atoms with van der Waals surface area (Å²) in [4.78, 5) is 10.2. The highest BCUT2D eigenvalue weighted by Gasteiger charge is 2.38. The molecule has 0 spiro atoms. The van der Waals surface area contributed by atoms with Crippen LogP contribution < -0.4 is 10.5 Å². The number of benzene rings is 1. The molecule has 0 bridgehead atoms. The Morgan fingerprint density at radius 3 is 2.57 bits per heavy atom. The van der Waals surface area contributed by atoms with Crippen molar-refractivity contribution in [3.05, 3.63) is 28.3 Å². The Kier molecular flexibility index (Phi) is 5.91. The number of anilines is 1. The van der Waals surface area contributed by atoms with Gasteiger partial charge in [-0.3, -0.25) is 10.1 Å². The maximum absolute atomic E-state index is 12.5. The van der Waals surface area contributed by atoms with E-state index in [-0.39, 0.29) is 41.6 Å². The third-order valence-electron chi connectivity index (χ3n) is 4.96. The Morgan fingerprint density at radius 2 is 2.00 bits per heavy atom. The van der Waals surface area contributed by atoms with Crippen molar-refractivity contribution in [3.8, 4) is 0 Å². The molecule has 3 N–H and O–H groups in total. The number of nitro groups is 1. The molecule has 3 rings (SSSR count). The summed E-state index contributed by atoms with van der Waals surface area (Å²) < 4.78 is 54.6. The summed E-state index contributed by atoms with van der Waals surface area (Å²) in [6, 6.07) is 3.34. The molecule has 0 aromatic heterocycles. The molecule has 1 saturated heterocycles. The normalized spacial score (nSPS) is 21.8. The lowest BCUT2D eigenvalue weighted by Crippen LogP contribution is -2.49.